The number of hydrogen-bond acceptors (Lipinski definition) is 3. The van der Waals surface area contributed by atoms with E-state index in [4.69, 9.17) is 5.26 Å². The minimum atomic E-state index is -0.104. The molecule has 1 aromatic heterocycles. The van der Waals surface area contributed by atoms with E-state index in [0.29, 0.717) is 17.8 Å². The van der Waals surface area contributed by atoms with E-state index in [2.05, 4.69) is 10.4 Å². The summed E-state index contributed by atoms with van der Waals surface area (Å²) in [5.41, 5.74) is 0.305. The molecule has 1 N–H and O–H groups in total. The van der Waals surface area contributed by atoms with Crippen LogP contribution in [-0.2, 0) is 11.8 Å². The standard InChI is InChI=1S/C11H16N4O/c1-11(2,3)5-9(16)14-10-8(6-12)7-13-15(10)4/h7H,5H2,1-4H3,(H,14,16). The minimum absolute atomic E-state index is 0.0739. The molecule has 0 spiro atoms. The van der Waals surface area contributed by atoms with Crippen molar-refractivity contribution in [1.29, 1.82) is 5.26 Å². The van der Waals surface area contributed by atoms with Crippen molar-refractivity contribution in [1.82, 2.24) is 9.78 Å². The fraction of sp³-hybridized carbons (Fsp3) is 0.545. The van der Waals surface area contributed by atoms with Gasteiger partial charge in [-0.2, -0.15) is 10.4 Å². The number of carbonyl (C=O) groups is 1. The summed E-state index contributed by atoms with van der Waals surface area (Å²) in [7, 11) is 1.69. The molecule has 0 aliphatic rings. The van der Waals surface area contributed by atoms with Gasteiger partial charge < -0.3 is 5.32 Å². The fourth-order valence-corrected chi connectivity index (χ4v) is 1.33. The predicted octanol–water partition coefficient (Wildman–Crippen LogP) is 1.67. The Morgan fingerprint density at radius 3 is 2.75 bits per heavy atom. The molecule has 0 aliphatic carbocycles. The number of rotatable bonds is 2. The van der Waals surface area contributed by atoms with Crippen molar-refractivity contribution in [2.75, 3.05) is 5.32 Å². The number of aryl methyl sites for hydroxylation is 1. The van der Waals surface area contributed by atoms with Gasteiger partial charge in [-0.25, -0.2) is 0 Å². The molecule has 5 heteroatoms. The molecule has 0 fully saturated rings. The molecule has 0 atom stereocenters. The first-order valence-electron chi connectivity index (χ1n) is 5.05. The van der Waals surface area contributed by atoms with Crippen LogP contribution >= 0.6 is 0 Å². The second-order valence-corrected chi connectivity index (χ2v) is 4.93. The summed E-state index contributed by atoms with van der Waals surface area (Å²) in [6.07, 6.45) is 1.84. The van der Waals surface area contributed by atoms with Gasteiger partial charge in [0.25, 0.3) is 0 Å². The van der Waals surface area contributed by atoms with Gasteiger partial charge in [0.15, 0.2) is 0 Å². The number of amides is 1. The second kappa shape index (κ2) is 4.35. The molecule has 5 nitrogen and oxygen atoms in total. The smallest absolute Gasteiger partial charge is 0.226 e. The van der Waals surface area contributed by atoms with E-state index in [1.165, 1.54) is 10.9 Å². The monoisotopic (exact) mass is 220 g/mol. The third-order valence-electron chi connectivity index (χ3n) is 2.01. The van der Waals surface area contributed by atoms with Crippen molar-refractivity contribution in [3.63, 3.8) is 0 Å². The highest BCUT2D eigenvalue weighted by Gasteiger charge is 2.18. The average Bonchev–Trinajstić information content (AvgIpc) is 2.44. The van der Waals surface area contributed by atoms with Crippen LogP contribution in [0.1, 0.15) is 32.8 Å². The molecule has 0 aliphatic heterocycles. The van der Waals surface area contributed by atoms with Crippen LogP contribution in [0.15, 0.2) is 6.20 Å². The topological polar surface area (TPSA) is 70.7 Å². The number of nitrogens with zero attached hydrogens (tertiary/aromatic N) is 3. The van der Waals surface area contributed by atoms with Crippen molar-refractivity contribution >= 4 is 11.7 Å². The zero-order valence-corrected chi connectivity index (χ0v) is 10.0. The summed E-state index contributed by atoms with van der Waals surface area (Å²) in [6.45, 7) is 5.96. The van der Waals surface area contributed by atoms with Gasteiger partial charge >= 0.3 is 0 Å². The van der Waals surface area contributed by atoms with Gasteiger partial charge in [0, 0.05) is 13.5 Å². The van der Waals surface area contributed by atoms with E-state index in [9.17, 15) is 4.79 Å². The van der Waals surface area contributed by atoms with Gasteiger partial charge in [0.05, 0.1) is 6.20 Å². The highest BCUT2D eigenvalue weighted by atomic mass is 16.1. The molecular weight excluding hydrogens is 204 g/mol. The number of aromatic nitrogens is 2. The summed E-state index contributed by atoms with van der Waals surface area (Å²) in [5.74, 6) is 0.351. The third kappa shape index (κ3) is 3.09. The van der Waals surface area contributed by atoms with Crippen molar-refractivity contribution in [2.45, 2.75) is 27.2 Å². The molecule has 0 saturated heterocycles. The maximum absolute atomic E-state index is 11.7. The Kier molecular flexibility index (Phi) is 3.33. The quantitative estimate of drug-likeness (QED) is 0.824. The van der Waals surface area contributed by atoms with Crippen molar-refractivity contribution in [2.24, 2.45) is 12.5 Å². The minimum Gasteiger partial charge on any atom is -0.310 e. The summed E-state index contributed by atoms with van der Waals surface area (Å²) >= 11 is 0. The first kappa shape index (κ1) is 12.2. The van der Waals surface area contributed by atoms with Crippen molar-refractivity contribution < 1.29 is 4.79 Å². The van der Waals surface area contributed by atoms with Crippen LogP contribution < -0.4 is 5.32 Å². The fourth-order valence-electron chi connectivity index (χ4n) is 1.33. The number of nitriles is 1. The van der Waals surface area contributed by atoms with Crippen molar-refractivity contribution in [3.05, 3.63) is 11.8 Å². The molecule has 86 valence electrons. The molecule has 16 heavy (non-hydrogen) atoms. The third-order valence-corrected chi connectivity index (χ3v) is 2.01. The van der Waals surface area contributed by atoms with Crippen LogP contribution in [-0.4, -0.2) is 15.7 Å². The van der Waals surface area contributed by atoms with E-state index in [0.717, 1.165) is 0 Å². The molecule has 0 bridgehead atoms. The van der Waals surface area contributed by atoms with Crippen LogP contribution in [0.5, 0.6) is 0 Å². The normalized spacial score (nSPS) is 10.9. The van der Waals surface area contributed by atoms with E-state index in [1.807, 2.05) is 26.8 Å². The maximum Gasteiger partial charge on any atom is 0.226 e. The molecule has 0 unspecified atom stereocenters. The van der Waals surface area contributed by atoms with Crippen LogP contribution in [0.3, 0.4) is 0 Å². The van der Waals surface area contributed by atoms with Crippen LogP contribution in [0.2, 0.25) is 0 Å². The average molecular weight is 220 g/mol. The SMILES string of the molecule is Cn1ncc(C#N)c1NC(=O)CC(C)(C)C. The van der Waals surface area contributed by atoms with Gasteiger partial charge in [-0.05, 0) is 5.41 Å². The lowest BCUT2D eigenvalue weighted by Crippen LogP contribution is -2.21. The molecular formula is C11H16N4O. The van der Waals surface area contributed by atoms with Gasteiger partial charge in [-0.1, -0.05) is 20.8 Å². The van der Waals surface area contributed by atoms with Gasteiger partial charge in [-0.15, -0.1) is 0 Å². The van der Waals surface area contributed by atoms with E-state index in [1.54, 1.807) is 7.05 Å². The Hall–Kier alpha value is -1.83. The molecule has 1 rings (SSSR count). The lowest BCUT2D eigenvalue weighted by atomic mass is 9.92. The molecule has 0 saturated carbocycles. The second-order valence-electron chi connectivity index (χ2n) is 4.93. The Morgan fingerprint density at radius 1 is 1.62 bits per heavy atom. The number of carbonyl (C=O) groups excluding carboxylic acids is 1. The first-order chi connectivity index (χ1) is 7.33. The first-order valence-corrected chi connectivity index (χ1v) is 5.05. The summed E-state index contributed by atoms with van der Waals surface area (Å²) < 4.78 is 1.49. The maximum atomic E-state index is 11.7. The predicted molar refractivity (Wildman–Crippen MR) is 60.6 cm³/mol. The van der Waals surface area contributed by atoms with Gasteiger partial charge in [-0.3, -0.25) is 9.48 Å². The molecule has 1 heterocycles. The largest absolute Gasteiger partial charge is 0.310 e. The van der Waals surface area contributed by atoms with Gasteiger partial charge in [0.1, 0.15) is 17.5 Å². The lowest BCUT2D eigenvalue weighted by Gasteiger charge is -2.17. The number of nitrogens with one attached hydrogen (secondary N) is 1. The summed E-state index contributed by atoms with van der Waals surface area (Å²) in [4.78, 5) is 11.7. The zero-order valence-electron chi connectivity index (χ0n) is 10.0. The Balaban J connectivity index is 2.78. The molecule has 0 radical (unpaired) electrons. The molecule has 0 aromatic carbocycles. The van der Waals surface area contributed by atoms with E-state index < -0.39 is 0 Å². The van der Waals surface area contributed by atoms with Crippen molar-refractivity contribution in [3.8, 4) is 6.07 Å². The Labute approximate surface area is 95.1 Å². The highest BCUT2D eigenvalue weighted by Crippen LogP contribution is 2.20. The van der Waals surface area contributed by atoms with Crippen LogP contribution in [0.25, 0.3) is 0 Å². The van der Waals surface area contributed by atoms with E-state index in [-0.39, 0.29) is 11.3 Å². The van der Waals surface area contributed by atoms with Crippen LogP contribution in [0.4, 0.5) is 5.82 Å². The van der Waals surface area contributed by atoms with Gasteiger partial charge in [0.2, 0.25) is 5.91 Å². The summed E-state index contributed by atoms with van der Waals surface area (Å²) in [5, 5.41) is 15.4. The Bertz CT molecular complexity index is 434. The number of hydrogen-bond donors (Lipinski definition) is 1. The molecule has 1 amide bonds. The van der Waals surface area contributed by atoms with E-state index >= 15 is 0 Å². The molecule has 1 aromatic rings. The Morgan fingerprint density at radius 2 is 2.25 bits per heavy atom. The summed E-state index contributed by atoms with van der Waals surface area (Å²) in [6, 6.07) is 1.99. The highest BCUT2D eigenvalue weighted by molar-refractivity contribution is 5.91. The zero-order chi connectivity index (χ0) is 12.3. The van der Waals surface area contributed by atoms with Crippen LogP contribution in [0, 0.1) is 16.7 Å². The lowest BCUT2D eigenvalue weighted by molar-refractivity contribution is -0.117. The number of anilines is 1.